The van der Waals surface area contributed by atoms with Gasteiger partial charge in [-0.1, -0.05) is 54.6 Å². The highest BCUT2D eigenvalue weighted by Crippen LogP contribution is 2.22. The molecule has 0 spiro atoms. The number of rotatable bonds is 3. The van der Waals surface area contributed by atoms with Gasteiger partial charge in [0.1, 0.15) is 5.70 Å². The number of likely N-dealkylation sites (N-methyl/N-ethyl adjacent to an activating group) is 1. The van der Waals surface area contributed by atoms with Crippen molar-refractivity contribution in [3.63, 3.8) is 0 Å². The molecule has 0 saturated heterocycles. The maximum atomic E-state index is 12.5. The first-order chi connectivity index (χ1) is 10.7. The molecule has 0 radical (unpaired) electrons. The summed E-state index contributed by atoms with van der Waals surface area (Å²) in [6.45, 7) is 0. The van der Waals surface area contributed by atoms with E-state index in [9.17, 15) is 9.59 Å². The number of hydrogen-bond acceptors (Lipinski definition) is 4. The molecule has 0 aromatic heterocycles. The highest BCUT2D eigenvalue weighted by molar-refractivity contribution is 6.24. The largest absolute Gasteiger partial charge is 0.289 e. The van der Waals surface area contributed by atoms with Crippen LogP contribution in [0.15, 0.2) is 71.5 Å². The highest BCUT2D eigenvalue weighted by atomic mass is 16.1. The van der Waals surface area contributed by atoms with Gasteiger partial charge in [0, 0.05) is 24.3 Å². The lowest BCUT2D eigenvalue weighted by atomic mass is 9.93. The Balaban J connectivity index is 1.88. The topological polar surface area (TPSA) is 49.7 Å². The van der Waals surface area contributed by atoms with Gasteiger partial charge in [0.15, 0.2) is 5.78 Å². The second-order valence-corrected chi connectivity index (χ2v) is 4.95. The summed E-state index contributed by atoms with van der Waals surface area (Å²) in [5.74, 6) is -0.366. The fourth-order valence-electron chi connectivity index (χ4n) is 2.30. The fourth-order valence-corrected chi connectivity index (χ4v) is 2.30. The second-order valence-electron chi connectivity index (χ2n) is 4.95. The van der Waals surface area contributed by atoms with Crippen molar-refractivity contribution in [3.8, 4) is 0 Å². The van der Waals surface area contributed by atoms with Crippen LogP contribution in [0.4, 0.5) is 0 Å². The number of nitrogens with zero attached hydrogens (tertiary/aromatic N) is 2. The molecule has 0 aliphatic heterocycles. The van der Waals surface area contributed by atoms with Crippen molar-refractivity contribution in [1.29, 1.82) is 0 Å². The van der Waals surface area contributed by atoms with Crippen LogP contribution in [0.5, 0.6) is 0 Å². The van der Waals surface area contributed by atoms with Crippen molar-refractivity contribution < 1.29 is 9.59 Å². The molecule has 0 atom stereocenters. The molecule has 0 bridgehead atoms. The van der Waals surface area contributed by atoms with Crippen LogP contribution in [0.1, 0.15) is 26.3 Å². The molecule has 1 aliphatic rings. The van der Waals surface area contributed by atoms with Crippen molar-refractivity contribution in [1.82, 2.24) is 5.01 Å². The SMILES string of the molecule is CN(N=Cc1ccccc1)C1=CC(=O)c2ccccc2C1=O. The van der Waals surface area contributed by atoms with Crippen molar-refractivity contribution in [2.75, 3.05) is 7.05 Å². The van der Waals surface area contributed by atoms with E-state index in [2.05, 4.69) is 5.10 Å². The van der Waals surface area contributed by atoms with E-state index in [1.165, 1.54) is 11.1 Å². The van der Waals surface area contributed by atoms with Crippen molar-refractivity contribution >= 4 is 17.8 Å². The molecule has 4 heteroatoms. The van der Waals surface area contributed by atoms with Crippen LogP contribution in [0.25, 0.3) is 0 Å². The molecule has 108 valence electrons. The van der Waals surface area contributed by atoms with Crippen LogP contribution in [0.3, 0.4) is 0 Å². The van der Waals surface area contributed by atoms with E-state index < -0.39 is 0 Å². The fraction of sp³-hybridized carbons (Fsp3) is 0.0556. The zero-order chi connectivity index (χ0) is 15.5. The Morgan fingerprint density at radius 2 is 1.55 bits per heavy atom. The van der Waals surface area contributed by atoms with Crippen molar-refractivity contribution in [2.24, 2.45) is 5.10 Å². The molecular formula is C18H14N2O2. The average molecular weight is 290 g/mol. The number of carbonyl (C=O) groups is 2. The number of ketones is 2. The Morgan fingerprint density at radius 1 is 0.909 bits per heavy atom. The number of hydrogen-bond donors (Lipinski definition) is 0. The lowest BCUT2D eigenvalue weighted by Crippen LogP contribution is -2.25. The smallest absolute Gasteiger partial charge is 0.211 e. The molecule has 3 rings (SSSR count). The molecule has 0 heterocycles. The van der Waals surface area contributed by atoms with Gasteiger partial charge in [-0.2, -0.15) is 5.10 Å². The predicted molar refractivity (Wildman–Crippen MR) is 85.0 cm³/mol. The molecule has 0 saturated carbocycles. The number of allylic oxidation sites excluding steroid dienone is 2. The summed E-state index contributed by atoms with van der Waals surface area (Å²) in [6.07, 6.45) is 2.99. The normalized spacial score (nSPS) is 14.0. The highest BCUT2D eigenvalue weighted by Gasteiger charge is 2.27. The molecule has 4 nitrogen and oxygen atoms in total. The second kappa shape index (κ2) is 5.77. The molecule has 2 aromatic carbocycles. The van der Waals surface area contributed by atoms with Crippen molar-refractivity contribution in [2.45, 2.75) is 0 Å². The Morgan fingerprint density at radius 3 is 2.27 bits per heavy atom. The predicted octanol–water partition coefficient (Wildman–Crippen LogP) is 2.92. The third kappa shape index (κ3) is 2.59. The van der Waals surface area contributed by atoms with E-state index >= 15 is 0 Å². The number of hydrazone groups is 1. The molecule has 0 unspecified atom stereocenters. The van der Waals surface area contributed by atoms with Gasteiger partial charge in [-0.15, -0.1) is 0 Å². The maximum Gasteiger partial charge on any atom is 0.211 e. The van der Waals surface area contributed by atoms with Crippen LogP contribution in [-0.2, 0) is 0 Å². The molecule has 0 amide bonds. The van der Waals surface area contributed by atoms with Gasteiger partial charge in [-0.05, 0) is 5.56 Å². The minimum absolute atomic E-state index is 0.174. The minimum atomic E-state index is -0.192. The Kier molecular flexibility index (Phi) is 3.66. The van der Waals surface area contributed by atoms with E-state index in [0.717, 1.165) is 5.56 Å². The van der Waals surface area contributed by atoms with Crippen LogP contribution >= 0.6 is 0 Å². The molecular weight excluding hydrogens is 276 g/mol. The van der Waals surface area contributed by atoms with Gasteiger partial charge in [0.05, 0.1) is 6.21 Å². The Bertz CT molecular complexity index is 792. The van der Waals surface area contributed by atoms with E-state index in [4.69, 9.17) is 0 Å². The number of benzene rings is 2. The summed E-state index contributed by atoms with van der Waals surface area (Å²) in [5, 5.41) is 5.68. The van der Waals surface area contributed by atoms with Crippen molar-refractivity contribution in [3.05, 3.63) is 83.1 Å². The van der Waals surface area contributed by atoms with Gasteiger partial charge in [0.2, 0.25) is 5.78 Å². The van der Waals surface area contributed by atoms with Gasteiger partial charge in [-0.3, -0.25) is 14.6 Å². The summed E-state index contributed by atoms with van der Waals surface area (Å²) >= 11 is 0. The van der Waals surface area contributed by atoms with E-state index in [-0.39, 0.29) is 17.3 Å². The summed E-state index contributed by atoms with van der Waals surface area (Å²) < 4.78 is 0. The Labute approximate surface area is 128 Å². The molecule has 0 fully saturated rings. The minimum Gasteiger partial charge on any atom is -0.289 e. The monoisotopic (exact) mass is 290 g/mol. The number of carbonyl (C=O) groups excluding carboxylic acids is 2. The quantitative estimate of drug-likeness (QED) is 0.645. The number of fused-ring (bicyclic) bond motifs is 1. The summed E-state index contributed by atoms with van der Waals surface area (Å²) in [5.41, 5.74) is 2.06. The summed E-state index contributed by atoms with van der Waals surface area (Å²) in [4.78, 5) is 24.6. The third-order valence-electron chi connectivity index (χ3n) is 3.47. The van der Waals surface area contributed by atoms with Gasteiger partial charge >= 0.3 is 0 Å². The Hall–Kier alpha value is -3.01. The molecule has 0 N–H and O–H groups in total. The maximum absolute atomic E-state index is 12.5. The number of Topliss-reactive ketones (excluding diaryl/α,β-unsaturated/α-hetero) is 1. The van der Waals surface area contributed by atoms with E-state index in [1.54, 1.807) is 37.5 Å². The van der Waals surface area contributed by atoms with E-state index in [0.29, 0.717) is 11.1 Å². The van der Waals surface area contributed by atoms with Gasteiger partial charge < -0.3 is 0 Å². The van der Waals surface area contributed by atoms with Crippen LogP contribution in [-0.4, -0.2) is 29.8 Å². The van der Waals surface area contributed by atoms with Crippen LogP contribution in [0, 0.1) is 0 Å². The molecule has 1 aliphatic carbocycles. The van der Waals surface area contributed by atoms with E-state index in [1.807, 2.05) is 30.3 Å². The molecule has 22 heavy (non-hydrogen) atoms. The summed E-state index contributed by atoms with van der Waals surface area (Å²) in [6, 6.07) is 16.4. The van der Waals surface area contributed by atoms with Crippen LogP contribution < -0.4 is 0 Å². The zero-order valence-electron chi connectivity index (χ0n) is 12.1. The van der Waals surface area contributed by atoms with Gasteiger partial charge in [0.25, 0.3) is 0 Å². The standard InChI is InChI=1S/C18H14N2O2/c1-20(19-12-13-7-3-2-4-8-13)16-11-17(21)14-9-5-6-10-15(14)18(16)22/h2-12H,1H3. The summed E-state index contributed by atoms with van der Waals surface area (Å²) in [7, 11) is 1.66. The van der Waals surface area contributed by atoms with Crippen LogP contribution in [0.2, 0.25) is 0 Å². The zero-order valence-corrected chi connectivity index (χ0v) is 12.1. The lowest BCUT2D eigenvalue weighted by Gasteiger charge is -2.20. The first-order valence-corrected chi connectivity index (χ1v) is 6.89. The average Bonchev–Trinajstić information content (AvgIpc) is 2.57. The third-order valence-corrected chi connectivity index (χ3v) is 3.47. The first kappa shape index (κ1) is 13.9. The molecule has 2 aromatic rings. The lowest BCUT2D eigenvalue weighted by molar-refractivity contribution is 0.0958. The first-order valence-electron chi connectivity index (χ1n) is 6.89. The van der Waals surface area contributed by atoms with Gasteiger partial charge in [-0.25, -0.2) is 0 Å².